The number of carboxylic acids is 1. The van der Waals surface area contributed by atoms with E-state index in [1.54, 1.807) is 6.07 Å². The van der Waals surface area contributed by atoms with E-state index < -0.39 is 17.8 Å². The first-order valence-electron chi connectivity index (χ1n) is 5.19. The summed E-state index contributed by atoms with van der Waals surface area (Å²) in [6.07, 6.45) is 1.23. The minimum atomic E-state index is -0.906. The number of hydrogen-bond donors (Lipinski definition) is 3. The molecule has 1 fully saturated rings. The van der Waals surface area contributed by atoms with Crippen LogP contribution in [0.4, 0.5) is 5.82 Å². The van der Waals surface area contributed by atoms with Crippen LogP contribution < -0.4 is 5.32 Å². The number of nitrogens with zero attached hydrogens (tertiary/aromatic N) is 1. The van der Waals surface area contributed by atoms with Gasteiger partial charge in [0.2, 0.25) is 5.91 Å². The Balaban J connectivity index is 1.91. The Bertz CT molecular complexity index is 427. The topological polar surface area (TPSA) is 95.1 Å². The number of carboxylic acid groups (broad SMARTS) is 1. The van der Waals surface area contributed by atoms with Crippen LogP contribution in [-0.2, 0) is 16.0 Å². The van der Waals surface area contributed by atoms with E-state index in [1.165, 1.54) is 0 Å². The number of nitrogens with one attached hydrogen (secondary N) is 2. The van der Waals surface area contributed by atoms with E-state index in [9.17, 15) is 9.59 Å². The number of amides is 1. The van der Waals surface area contributed by atoms with E-state index in [2.05, 4.69) is 15.5 Å². The Labute approximate surface area is 92.0 Å². The smallest absolute Gasteiger partial charge is 0.307 e. The van der Waals surface area contributed by atoms with Crippen molar-refractivity contribution in [2.45, 2.75) is 19.8 Å². The van der Waals surface area contributed by atoms with Gasteiger partial charge in [-0.05, 0) is 12.8 Å². The molecular formula is C10H13N3O3. The lowest BCUT2D eigenvalue weighted by Gasteiger charge is -1.98. The summed E-state index contributed by atoms with van der Waals surface area (Å²) >= 11 is 0. The zero-order valence-corrected chi connectivity index (χ0v) is 8.86. The van der Waals surface area contributed by atoms with Crippen LogP contribution in [0.3, 0.4) is 0 Å². The third-order valence-electron chi connectivity index (χ3n) is 2.71. The number of aromatic nitrogens is 2. The minimum absolute atomic E-state index is 0.262. The second-order valence-corrected chi connectivity index (χ2v) is 3.91. The van der Waals surface area contributed by atoms with Gasteiger partial charge in [-0.2, -0.15) is 5.10 Å². The maximum Gasteiger partial charge on any atom is 0.307 e. The number of aryl methyl sites for hydroxylation is 1. The molecule has 0 unspecified atom stereocenters. The van der Waals surface area contributed by atoms with Crippen molar-refractivity contribution in [1.82, 2.24) is 10.2 Å². The molecular weight excluding hydrogens is 210 g/mol. The average Bonchev–Trinajstić information content (AvgIpc) is 2.94. The number of H-pyrrole nitrogens is 1. The molecule has 1 saturated carbocycles. The molecule has 2 atom stereocenters. The quantitative estimate of drug-likeness (QED) is 0.697. The minimum Gasteiger partial charge on any atom is -0.481 e. The van der Waals surface area contributed by atoms with Gasteiger partial charge in [0.1, 0.15) is 0 Å². The molecule has 86 valence electrons. The van der Waals surface area contributed by atoms with Crippen molar-refractivity contribution in [2.24, 2.45) is 11.8 Å². The summed E-state index contributed by atoms with van der Waals surface area (Å²) in [4.78, 5) is 22.1. The highest BCUT2D eigenvalue weighted by Gasteiger charge is 2.48. The van der Waals surface area contributed by atoms with Crippen LogP contribution in [-0.4, -0.2) is 27.2 Å². The molecule has 0 radical (unpaired) electrons. The maximum absolute atomic E-state index is 11.6. The number of aromatic amines is 1. The number of hydrogen-bond acceptors (Lipinski definition) is 3. The Morgan fingerprint density at radius 2 is 2.38 bits per heavy atom. The molecule has 0 bridgehead atoms. The van der Waals surface area contributed by atoms with Gasteiger partial charge in [-0.25, -0.2) is 0 Å². The van der Waals surface area contributed by atoms with Crippen molar-refractivity contribution >= 4 is 17.7 Å². The van der Waals surface area contributed by atoms with Gasteiger partial charge in [0.25, 0.3) is 0 Å². The van der Waals surface area contributed by atoms with Gasteiger partial charge in [0.05, 0.1) is 11.8 Å². The SMILES string of the molecule is CCc1cc(NC(=O)[C@@H]2C[C@@H]2C(=O)O)n[nH]1. The molecule has 0 saturated heterocycles. The summed E-state index contributed by atoms with van der Waals surface area (Å²) in [5.74, 6) is -1.64. The fourth-order valence-corrected chi connectivity index (χ4v) is 1.58. The van der Waals surface area contributed by atoms with Gasteiger partial charge in [0, 0.05) is 11.8 Å². The molecule has 1 amide bonds. The third-order valence-corrected chi connectivity index (χ3v) is 2.71. The van der Waals surface area contributed by atoms with Crippen molar-refractivity contribution in [2.75, 3.05) is 5.32 Å². The van der Waals surface area contributed by atoms with Crippen LogP contribution in [0.15, 0.2) is 6.07 Å². The molecule has 1 aromatic heterocycles. The van der Waals surface area contributed by atoms with Gasteiger partial charge < -0.3 is 10.4 Å². The predicted octanol–water partition coefficient (Wildman–Crippen LogP) is 0.631. The fraction of sp³-hybridized carbons (Fsp3) is 0.500. The number of rotatable bonds is 4. The van der Waals surface area contributed by atoms with Crippen molar-refractivity contribution in [3.63, 3.8) is 0 Å². The van der Waals surface area contributed by atoms with E-state index in [0.29, 0.717) is 12.2 Å². The highest BCUT2D eigenvalue weighted by atomic mass is 16.4. The van der Waals surface area contributed by atoms with Crippen LogP contribution in [0.1, 0.15) is 19.0 Å². The molecule has 16 heavy (non-hydrogen) atoms. The summed E-state index contributed by atoms with van der Waals surface area (Å²) in [5.41, 5.74) is 0.931. The summed E-state index contributed by atoms with van der Waals surface area (Å²) < 4.78 is 0. The van der Waals surface area contributed by atoms with Crippen LogP contribution in [0.5, 0.6) is 0 Å². The van der Waals surface area contributed by atoms with Crippen molar-refractivity contribution in [3.8, 4) is 0 Å². The maximum atomic E-state index is 11.6. The molecule has 1 aromatic rings. The molecule has 1 aliphatic rings. The van der Waals surface area contributed by atoms with Crippen LogP contribution in [0.25, 0.3) is 0 Å². The number of carbonyl (C=O) groups excluding carboxylic acids is 1. The molecule has 6 heteroatoms. The zero-order chi connectivity index (χ0) is 11.7. The van der Waals surface area contributed by atoms with Crippen molar-refractivity contribution < 1.29 is 14.7 Å². The molecule has 0 aromatic carbocycles. The molecule has 0 spiro atoms. The highest BCUT2D eigenvalue weighted by molar-refractivity contribution is 5.97. The van der Waals surface area contributed by atoms with Gasteiger partial charge in [-0.15, -0.1) is 0 Å². The molecule has 1 heterocycles. The Hall–Kier alpha value is -1.85. The normalized spacial score (nSPS) is 22.8. The lowest BCUT2D eigenvalue weighted by atomic mass is 10.3. The van der Waals surface area contributed by atoms with Crippen LogP contribution >= 0.6 is 0 Å². The zero-order valence-electron chi connectivity index (χ0n) is 8.86. The van der Waals surface area contributed by atoms with E-state index in [0.717, 1.165) is 12.1 Å². The first-order valence-corrected chi connectivity index (χ1v) is 5.19. The summed E-state index contributed by atoms with van der Waals surface area (Å²) in [6, 6.07) is 1.75. The molecule has 1 aliphatic carbocycles. The Kier molecular flexibility index (Phi) is 2.64. The summed E-state index contributed by atoms with van der Waals surface area (Å²) in [5, 5.41) is 18.0. The van der Waals surface area contributed by atoms with E-state index in [4.69, 9.17) is 5.11 Å². The molecule has 3 N–H and O–H groups in total. The average molecular weight is 223 g/mol. The lowest BCUT2D eigenvalue weighted by Crippen LogP contribution is -2.16. The predicted molar refractivity (Wildman–Crippen MR) is 55.8 cm³/mol. The number of carbonyl (C=O) groups is 2. The highest BCUT2D eigenvalue weighted by Crippen LogP contribution is 2.39. The van der Waals surface area contributed by atoms with E-state index in [1.807, 2.05) is 6.92 Å². The van der Waals surface area contributed by atoms with Crippen molar-refractivity contribution in [1.29, 1.82) is 0 Å². The lowest BCUT2D eigenvalue weighted by molar-refractivity contribution is -0.139. The second-order valence-electron chi connectivity index (χ2n) is 3.91. The molecule has 6 nitrogen and oxygen atoms in total. The molecule has 2 rings (SSSR count). The summed E-state index contributed by atoms with van der Waals surface area (Å²) in [6.45, 7) is 1.97. The third kappa shape index (κ3) is 2.05. The number of anilines is 1. The van der Waals surface area contributed by atoms with Crippen LogP contribution in [0.2, 0.25) is 0 Å². The van der Waals surface area contributed by atoms with Gasteiger partial charge in [-0.3, -0.25) is 14.7 Å². The fourth-order valence-electron chi connectivity index (χ4n) is 1.58. The summed E-state index contributed by atoms with van der Waals surface area (Å²) in [7, 11) is 0. The van der Waals surface area contributed by atoms with E-state index >= 15 is 0 Å². The molecule has 0 aliphatic heterocycles. The second kappa shape index (κ2) is 3.96. The Morgan fingerprint density at radius 1 is 1.62 bits per heavy atom. The monoisotopic (exact) mass is 223 g/mol. The van der Waals surface area contributed by atoms with Crippen LogP contribution in [0, 0.1) is 11.8 Å². The largest absolute Gasteiger partial charge is 0.481 e. The van der Waals surface area contributed by atoms with Crippen molar-refractivity contribution in [3.05, 3.63) is 11.8 Å². The van der Waals surface area contributed by atoms with E-state index in [-0.39, 0.29) is 5.91 Å². The standard InChI is InChI=1S/C10H13N3O3/c1-2-5-3-8(13-12-5)11-9(14)6-4-7(6)10(15)16/h3,6-7H,2,4H2,1H3,(H,15,16)(H2,11,12,13,14)/t6-,7+/m1/s1. The van der Waals surface area contributed by atoms with Gasteiger partial charge >= 0.3 is 5.97 Å². The number of aliphatic carboxylic acids is 1. The first-order chi connectivity index (χ1) is 7.61. The Morgan fingerprint density at radius 3 is 2.88 bits per heavy atom. The van der Waals surface area contributed by atoms with Gasteiger partial charge in [0.15, 0.2) is 5.82 Å². The van der Waals surface area contributed by atoms with Gasteiger partial charge in [-0.1, -0.05) is 6.92 Å². The first kappa shape index (κ1) is 10.7.